The molecule has 0 saturated heterocycles. The van der Waals surface area contributed by atoms with E-state index < -0.39 is 0 Å². The van der Waals surface area contributed by atoms with E-state index in [1.54, 1.807) is 0 Å². The minimum absolute atomic E-state index is 0.579. The van der Waals surface area contributed by atoms with Crippen molar-refractivity contribution in [1.82, 2.24) is 5.32 Å². The molecule has 1 aliphatic carbocycles. The van der Waals surface area contributed by atoms with Crippen LogP contribution in [0.5, 0.6) is 0 Å². The topological polar surface area (TPSA) is 12.0 Å². The van der Waals surface area contributed by atoms with Gasteiger partial charge in [0.1, 0.15) is 0 Å². The normalized spacial score (nSPS) is 18.2. The van der Waals surface area contributed by atoms with E-state index in [2.05, 4.69) is 44.4 Å². The van der Waals surface area contributed by atoms with Gasteiger partial charge in [-0.25, -0.2) is 0 Å². The molecule has 1 atom stereocenters. The van der Waals surface area contributed by atoms with Crippen molar-refractivity contribution in [2.75, 3.05) is 7.05 Å². The Morgan fingerprint density at radius 2 is 2.00 bits per heavy atom. The van der Waals surface area contributed by atoms with Gasteiger partial charge in [0.25, 0.3) is 0 Å². The summed E-state index contributed by atoms with van der Waals surface area (Å²) in [6.07, 6.45) is 2.78. The van der Waals surface area contributed by atoms with E-state index in [9.17, 15) is 0 Å². The molecule has 0 heterocycles. The molecule has 0 radical (unpaired) electrons. The Kier molecular flexibility index (Phi) is 2.60. The Morgan fingerprint density at radius 3 is 2.57 bits per heavy atom. The van der Waals surface area contributed by atoms with Crippen molar-refractivity contribution in [2.45, 2.75) is 32.7 Å². The molecule has 0 spiro atoms. The second kappa shape index (κ2) is 3.74. The Morgan fingerprint density at radius 1 is 1.29 bits per heavy atom. The molecule has 2 rings (SSSR count). The largest absolute Gasteiger partial charge is 0.313 e. The zero-order chi connectivity index (χ0) is 10.1. The quantitative estimate of drug-likeness (QED) is 0.770. The highest BCUT2D eigenvalue weighted by atomic mass is 14.9. The van der Waals surface area contributed by atoms with E-state index in [-0.39, 0.29) is 0 Å². The standard InChI is InChI=1S/C13H19N/c1-9-5-4-6-12(10(9)2)13(14-3)11-7-8-11/h4-6,11,13-14H,7-8H2,1-3H3. The van der Waals surface area contributed by atoms with Crippen LogP contribution in [0.15, 0.2) is 18.2 Å². The molecule has 1 aromatic rings. The molecule has 14 heavy (non-hydrogen) atoms. The summed E-state index contributed by atoms with van der Waals surface area (Å²) < 4.78 is 0. The molecular weight excluding hydrogens is 170 g/mol. The fraction of sp³-hybridized carbons (Fsp3) is 0.538. The van der Waals surface area contributed by atoms with Gasteiger partial charge < -0.3 is 5.32 Å². The molecule has 1 saturated carbocycles. The molecule has 0 aromatic heterocycles. The van der Waals surface area contributed by atoms with Crippen molar-refractivity contribution in [3.8, 4) is 0 Å². The molecule has 0 aliphatic heterocycles. The highest BCUT2D eigenvalue weighted by molar-refractivity contribution is 5.36. The predicted molar refractivity (Wildman–Crippen MR) is 60.4 cm³/mol. The average Bonchev–Trinajstić information content (AvgIpc) is 2.97. The van der Waals surface area contributed by atoms with E-state index in [1.165, 1.54) is 29.5 Å². The Balaban J connectivity index is 2.33. The van der Waals surface area contributed by atoms with Gasteiger partial charge in [0.2, 0.25) is 0 Å². The minimum atomic E-state index is 0.579. The summed E-state index contributed by atoms with van der Waals surface area (Å²) >= 11 is 0. The lowest BCUT2D eigenvalue weighted by Crippen LogP contribution is -2.19. The lowest BCUT2D eigenvalue weighted by Gasteiger charge is -2.19. The van der Waals surface area contributed by atoms with E-state index in [0.29, 0.717) is 6.04 Å². The third kappa shape index (κ3) is 1.69. The van der Waals surface area contributed by atoms with Gasteiger partial charge in [-0.15, -0.1) is 0 Å². The fourth-order valence-corrected chi connectivity index (χ4v) is 2.19. The maximum absolute atomic E-state index is 3.45. The molecule has 1 unspecified atom stereocenters. The minimum Gasteiger partial charge on any atom is -0.313 e. The summed E-state index contributed by atoms with van der Waals surface area (Å²) in [4.78, 5) is 0. The lowest BCUT2D eigenvalue weighted by atomic mass is 9.95. The van der Waals surface area contributed by atoms with Gasteiger partial charge in [0.15, 0.2) is 0 Å². The first-order valence-corrected chi connectivity index (χ1v) is 5.47. The van der Waals surface area contributed by atoms with Gasteiger partial charge in [-0.1, -0.05) is 18.2 Å². The highest BCUT2D eigenvalue weighted by Gasteiger charge is 2.31. The van der Waals surface area contributed by atoms with E-state index >= 15 is 0 Å². The van der Waals surface area contributed by atoms with Gasteiger partial charge in [-0.2, -0.15) is 0 Å². The van der Waals surface area contributed by atoms with Crippen LogP contribution in [0, 0.1) is 19.8 Å². The van der Waals surface area contributed by atoms with Crippen LogP contribution in [0.1, 0.15) is 35.6 Å². The molecule has 76 valence electrons. The van der Waals surface area contributed by atoms with Crippen LogP contribution in [0.4, 0.5) is 0 Å². The highest BCUT2D eigenvalue weighted by Crippen LogP contribution is 2.41. The van der Waals surface area contributed by atoms with Gasteiger partial charge in [-0.05, 0) is 56.3 Å². The number of aryl methyl sites for hydroxylation is 1. The average molecular weight is 189 g/mol. The van der Waals surface area contributed by atoms with Gasteiger partial charge in [0.05, 0.1) is 0 Å². The van der Waals surface area contributed by atoms with Gasteiger partial charge in [0, 0.05) is 6.04 Å². The Hall–Kier alpha value is -0.820. The lowest BCUT2D eigenvalue weighted by molar-refractivity contribution is 0.526. The first-order valence-electron chi connectivity index (χ1n) is 5.47. The van der Waals surface area contributed by atoms with Gasteiger partial charge in [-0.3, -0.25) is 0 Å². The molecule has 1 N–H and O–H groups in total. The fourth-order valence-electron chi connectivity index (χ4n) is 2.19. The van der Waals surface area contributed by atoms with Crippen LogP contribution in [0.25, 0.3) is 0 Å². The second-order valence-electron chi connectivity index (χ2n) is 4.39. The van der Waals surface area contributed by atoms with Crippen molar-refractivity contribution in [3.05, 3.63) is 34.9 Å². The molecule has 1 aliphatic rings. The Labute approximate surface area is 86.5 Å². The van der Waals surface area contributed by atoms with Crippen molar-refractivity contribution in [2.24, 2.45) is 5.92 Å². The number of rotatable bonds is 3. The summed E-state index contributed by atoms with van der Waals surface area (Å²) in [5.74, 6) is 0.875. The van der Waals surface area contributed by atoms with Crippen molar-refractivity contribution >= 4 is 0 Å². The van der Waals surface area contributed by atoms with Crippen LogP contribution in [-0.4, -0.2) is 7.05 Å². The summed E-state index contributed by atoms with van der Waals surface area (Å²) in [7, 11) is 2.07. The van der Waals surface area contributed by atoms with Crippen molar-refractivity contribution < 1.29 is 0 Å². The molecule has 0 amide bonds. The maximum Gasteiger partial charge on any atom is 0.0348 e. The zero-order valence-corrected chi connectivity index (χ0v) is 9.30. The summed E-state index contributed by atoms with van der Waals surface area (Å²) in [5, 5.41) is 3.45. The molecule has 1 heteroatoms. The third-order valence-corrected chi connectivity index (χ3v) is 3.39. The van der Waals surface area contributed by atoms with Crippen LogP contribution in [0.3, 0.4) is 0 Å². The van der Waals surface area contributed by atoms with Gasteiger partial charge >= 0.3 is 0 Å². The summed E-state index contributed by atoms with van der Waals surface area (Å²) in [6.45, 7) is 4.43. The number of hydrogen-bond donors (Lipinski definition) is 1. The van der Waals surface area contributed by atoms with Crippen LogP contribution in [0.2, 0.25) is 0 Å². The number of benzene rings is 1. The SMILES string of the molecule is CNC(c1cccc(C)c1C)C1CC1. The molecule has 1 fully saturated rings. The Bertz CT molecular complexity index is 326. The molecule has 1 aromatic carbocycles. The first kappa shape index (κ1) is 9.72. The van der Waals surface area contributed by atoms with E-state index in [1.807, 2.05) is 0 Å². The smallest absolute Gasteiger partial charge is 0.0348 e. The van der Waals surface area contributed by atoms with E-state index in [0.717, 1.165) is 5.92 Å². The first-order chi connectivity index (χ1) is 6.74. The molecule has 1 nitrogen and oxygen atoms in total. The predicted octanol–water partition coefficient (Wildman–Crippen LogP) is 2.97. The monoisotopic (exact) mass is 189 g/mol. The second-order valence-corrected chi connectivity index (χ2v) is 4.39. The van der Waals surface area contributed by atoms with Crippen molar-refractivity contribution in [3.63, 3.8) is 0 Å². The number of nitrogens with one attached hydrogen (secondary N) is 1. The van der Waals surface area contributed by atoms with Crippen LogP contribution < -0.4 is 5.32 Å². The number of hydrogen-bond acceptors (Lipinski definition) is 1. The third-order valence-electron chi connectivity index (χ3n) is 3.39. The molecule has 0 bridgehead atoms. The van der Waals surface area contributed by atoms with Crippen LogP contribution in [-0.2, 0) is 0 Å². The van der Waals surface area contributed by atoms with E-state index in [4.69, 9.17) is 0 Å². The summed E-state index contributed by atoms with van der Waals surface area (Å²) in [5.41, 5.74) is 4.36. The molecular formula is C13H19N. The van der Waals surface area contributed by atoms with Crippen molar-refractivity contribution in [1.29, 1.82) is 0 Å². The summed E-state index contributed by atoms with van der Waals surface area (Å²) in [6, 6.07) is 7.21. The van der Waals surface area contributed by atoms with Crippen LogP contribution >= 0.6 is 0 Å². The zero-order valence-electron chi connectivity index (χ0n) is 9.30. The maximum atomic E-state index is 3.45.